The smallest absolute Gasteiger partial charge is 0.0285 e. The Kier molecular flexibility index (Phi) is 2.79. The molecule has 0 bridgehead atoms. The monoisotopic (exact) mass is 279 g/mol. The zero-order valence-corrected chi connectivity index (χ0v) is 12.7. The van der Waals surface area contributed by atoms with Crippen molar-refractivity contribution in [3.63, 3.8) is 0 Å². The fraction of sp³-hybridized carbons (Fsp3) is 0.600. The van der Waals surface area contributed by atoms with Crippen molar-refractivity contribution in [2.45, 2.75) is 38.1 Å². The highest BCUT2D eigenvalue weighted by Crippen LogP contribution is 2.50. The van der Waals surface area contributed by atoms with Gasteiger partial charge in [0, 0.05) is 6.04 Å². The lowest BCUT2D eigenvalue weighted by Crippen LogP contribution is -2.41. The summed E-state index contributed by atoms with van der Waals surface area (Å²) in [4.78, 5) is 0. The van der Waals surface area contributed by atoms with Crippen LogP contribution in [0.3, 0.4) is 0 Å². The van der Waals surface area contributed by atoms with Gasteiger partial charge < -0.3 is 5.32 Å². The summed E-state index contributed by atoms with van der Waals surface area (Å²) in [6.45, 7) is 1.19. The molecule has 0 aromatic carbocycles. The second kappa shape index (κ2) is 4.71. The first-order valence-corrected chi connectivity index (χ1v) is 8.91. The highest BCUT2D eigenvalue weighted by Gasteiger charge is 2.43. The van der Waals surface area contributed by atoms with Crippen LogP contribution >= 0.6 is 0 Å². The zero-order chi connectivity index (χ0) is 13.8. The SMILES string of the molecule is C1=CC2C3C=C4CCN[C@H]4CC3C=CC2C2CCCC=C12. The molecule has 5 unspecified atom stereocenters. The highest BCUT2D eigenvalue weighted by atomic mass is 14.9. The minimum Gasteiger partial charge on any atom is -0.310 e. The molecule has 1 heterocycles. The molecule has 5 aliphatic rings. The number of fused-ring (bicyclic) bond motifs is 6. The van der Waals surface area contributed by atoms with Crippen molar-refractivity contribution in [1.82, 2.24) is 5.32 Å². The molecule has 0 amide bonds. The topological polar surface area (TPSA) is 12.0 Å². The van der Waals surface area contributed by atoms with Gasteiger partial charge in [0.15, 0.2) is 0 Å². The summed E-state index contributed by atoms with van der Waals surface area (Å²) in [5, 5.41) is 3.68. The highest BCUT2D eigenvalue weighted by molar-refractivity contribution is 5.35. The van der Waals surface area contributed by atoms with Gasteiger partial charge in [-0.3, -0.25) is 0 Å². The van der Waals surface area contributed by atoms with E-state index in [1.165, 1.54) is 38.6 Å². The van der Waals surface area contributed by atoms with Crippen molar-refractivity contribution in [1.29, 1.82) is 0 Å². The zero-order valence-electron chi connectivity index (χ0n) is 12.7. The number of hydrogen-bond donors (Lipinski definition) is 1. The molecule has 110 valence electrons. The maximum atomic E-state index is 3.68. The van der Waals surface area contributed by atoms with E-state index in [-0.39, 0.29) is 0 Å². The molecule has 1 aliphatic heterocycles. The van der Waals surface area contributed by atoms with E-state index in [1.54, 1.807) is 11.1 Å². The third-order valence-corrected chi connectivity index (χ3v) is 6.63. The first-order chi connectivity index (χ1) is 10.4. The Hall–Kier alpha value is -1.08. The molecule has 21 heavy (non-hydrogen) atoms. The molecule has 4 aliphatic carbocycles. The van der Waals surface area contributed by atoms with Crippen molar-refractivity contribution in [3.05, 3.63) is 47.6 Å². The Morgan fingerprint density at radius 3 is 3.05 bits per heavy atom. The van der Waals surface area contributed by atoms with E-state index in [0.29, 0.717) is 6.04 Å². The molecule has 1 fully saturated rings. The second-order valence-electron chi connectivity index (χ2n) is 7.62. The lowest BCUT2D eigenvalue weighted by atomic mass is 9.58. The van der Waals surface area contributed by atoms with E-state index in [4.69, 9.17) is 0 Å². The van der Waals surface area contributed by atoms with Gasteiger partial charge in [0.05, 0.1) is 0 Å². The number of rotatable bonds is 0. The third kappa shape index (κ3) is 1.86. The Balaban J connectivity index is 1.53. The standard InChI is InChI=1S/C20H25N/c1-2-4-16-13(3-1)5-7-18-17(16)8-6-14-12-20-15(9-10-21-20)11-19(14)18/h3,5-8,11,14,16-21H,1-2,4,9-10,12H2/t14?,16?,17?,18?,19?,20-/m0/s1. The fourth-order valence-corrected chi connectivity index (χ4v) is 5.60. The Morgan fingerprint density at radius 1 is 1.05 bits per heavy atom. The normalized spacial score (nSPS) is 46.9. The van der Waals surface area contributed by atoms with Crippen LogP contribution in [0.4, 0.5) is 0 Å². The lowest BCUT2D eigenvalue weighted by Gasteiger charge is -2.46. The Morgan fingerprint density at radius 2 is 2.05 bits per heavy atom. The van der Waals surface area contributed by atoms with Gasteiger partial charge in [-0.15, -0.1) is 0 Å². The van der Waals surface area contributed by atoms with Crippen LogP contribution in [-0.4, -0.2) is 12.6 Å². The van der Waals surface area contributed by atoms with E-state index in [2.05, 4.69) is 41.8 Å². The van der Waals surface area contributed by atoms with E-state index >= 15 is 0 Å². The predicted octanol–water partition coefficient (Wildman–Crippen LogP) is 4.01. The molecule has 1 saturated heterocycles. The van der Waals surface area contributed by atoms with Crippen LogP contribution in [0.2, 0.25) is 0 Å². The van der Waals surface area contributed by atoms with Gasteiger partial charge >= 0.3 is 0 Å². The van der Waals surface area contributed by atoms with Crippen molar-refractivity contribution in [2.75, 3.05) is 6.54 Å². The maximum absolute atomic E-state index is 3.68. The van der Waals surface area contributed by atoms with Crippen LogP contribution < -0.4 is 5.32 Å². The van der Waals surface area contributed by atoms with Gasteiger partial charge in [0.25, 0.3) is 0 Å². The van der Waals surface area contributed by atoms with Crippen LogP contribution in [0, 0.1) is 29.6 Å². The molecule has 0 saturated carbocycles. The van der Waals surface area contributed by atoms with Gasteiger partial charge in [-0.25, -0.2) is 0 Å². The van der Waals surface area contributed by atoms with E-state index in [1.807, 2.05) is 0 Å². The minimum absolute atomic E-state index is 0.685. The summed E-state index contributed by atoms with van der Waals surface area (Å²) in [5.41, 5.74) is 3.35. The molecule has 0 radical (unpaired) electrons. The summed E-state index contributed by atoms with van der Waals surface area (Å²) in [7, 11) is 0. The maximum Gasteiger partial charge on any atom is 0.0285 e. The van der Waals surface area contributed by atoms with Crippen LogP contribution in [-0.2, 0) is 0 Å². The van der Waals surface area contributed by atoms with Gasteiger partial charge in [0.2, 0.25) is 0 Å². The molecule has 0 aromatic rings. The van der Waals surface area contributed by atoms with Gasteiger partial charge in [-0.1, -0.05) is 42.0 Å². The molecule has 1 N–H and O–H groups in total. The summed E-state index contributed by atoms with van der Waals surface area (Å²) in [5.74, 6) is 3.87. The van der Waals surface area contributed by atoms with Crippen molar-refractivity contribution >= 4 is 0 Å². The van der Waals surface area contributed by atoms with Crippen molar-refractivity contribution < 1.29 is 0 Å². The minimum atomic E-state index is 0.685. The molecule has 0 spiro atoms. The summed E-state index contributed by atoms with van der Waals surface area (Å²) >= 11 is 0. The Bertz CT molecular complexity index is 564. The van der Waals surface area contributed by atoms with Crippen LogP contribution in [0.15, 0.2) is 47.6 Å². The average Bonchev–Trinajstić information content (AvgIpc) is 2.99. The fourth-order valence-electron chi connectivity index (χ4n) is 5.60. The van der Waals surface area contributed by atoms with Crippen molar-refractivity contribution in [2.24, 2.45) is 29.6 Å². The summed E-state index contributed by atoms with van der Waals surface area (Å²) < 4.78 is 0. The first-order valence-electron chi connectivity index (χ1n) is 8.91. The van der Waals surface area contributed by atoms with E-state index < -0.39 is 0 Å². The van der Waals surface area contributed by atoms with E-state index in [0.717, 1.165) is 29.6 Å². The number of hydrogen-bond acceptors (Lipinski definition) is 1. The molecule has 1 nitrogen and oxygen atoms in total. The Labute approximate surface area is 127 Å². The van der Waals surface area contributed by atoms with Crippen LogP contribution in [0.5, 0.6) is 0 Å². The van der Waals surface area contributed by atoms with Gasteiger partial charge in [-0.05, 0) is 73.8 Å². The molecular weight excluding hydrogens is 254 g/mol. The van der Waals surface area contributed by atoms with Gasteiger partial charge in [0.1, 0.15) is 0 Å². The lowest BCUT2D eigenvalue weighted by molar-refractivity contribution is 0.203. The van der Waals surface area contributed by atoms with Gasteiger partial charge in [-0.2, -0.15) is 0 Å². The average molecular weight is 279 g/mol. The number of allylic oxidation sites excluding steroid dienone is 7. The second-order valence-corrected chi connectivity index (χ2v) is 7.62. The first kappa shape index (κ1) is 12.5. The predicted molar refractivity (Wildman–Crippen MR) is 86.8 cm³/mol. The largest absolute Gasteiger partial charge is 0.310 e. The summed E-state index contributed by atoms with van der Waals surface area (Å²) in [6, 6.07) is 0.685. The van der Waals surface area contributed by atoms with Crippen LogP contribution in [0.25, 0.3) is 0 Å². The molecule has 1 heteroatoms. The van der Waals surface area contributed by atoms with Crippen LogP contribution in [0.1, 0.15) is 32.1 Å². The third-order valence-electron chi connectivity index (χ3n) is 6.63. The van der Waals surface area contributed by atoms with E-state index in [9.17, 15) is 0 Å². The molecular formula is C20H25N. The molecule has 6 atom stereocenters. The quantitative estimate of drug-likeness (QED) is 0.661. The summed E-state index contributed by atoms with van der Waals surface area (Å²) in [6.07, 6.45) is 22.1. The molecule has 5 rings (SSSR count). The number of nitrogens with one attached hydrogen (secondary N) is 1. The molecule has 0 aromatic heterocycles. The van der Waals surface area contributed by atoms with Crippen molar-refractivity contribution in [3.8, 4) is 0 Å².